The van der Waals surface area contributed by atoms with Crippen LogP contribution in [-0.4, -0.2) is 116 Å². The Morgan fingerprint density at radius 3 is 1.55 bits per heavy atom. The molecule has 0 spiro atoms. The van der Waals surface area contributed by atoms with Crippen molar-refractivity contribution in [3.8, 4) is 0 Å². The van der Waals surface area contributed by atoms with Gasteiger partial charge >= 0.3 is 0 Å². The van der Waals surface area contributed by atoms with Gasteiger partial charge in [0, 0.05) is 12.8 Å². The Hall–Kier alpha value is -0.730. The van der Waals surface area contributed by atoms with Gasteiger partial charge in [-0.25, -0.2) is 0 Å². The molecule has 2 fully saturated rings. The van der Waals surface area contributed by atoms with Gasteiger partial charge in [0.2, 0.25) is 0 Å². The molecule has 0 saturated carbocycles. The predicted molar refractivity (Wildman–Crippen MR) is 156 cm³/mol. The van der Waals surface area contributed by atoms with E-state index in [9.17, 15) is 40.5 Å². The van der Waals surface area contributed by atoms with Gasteiger partial charge in [0.1, 0.15) is 54.6 Å². The van der Waals surface area contributed by atoms with Crippen LogP contribution in [0.1, 0.15) is 116 Å². The predicted octanol–water partition coefficient (Wildman–Crippen LogP) is 1.87. The van der Waals surface area contributed by atoms with E-state index in [-0.39, 0.29) is 12.2 Å². The van der Waals surface area contributed by atoms with Crippen molar-refractivity contribution in [1.82, 2.24) is 0 Å². The van der Waals surface area contributed by atoms with E-state index in [1.54, 1.807) is 0 Å². The second-order valence-electron chi connectivity index (χ2n) is 12.1. The van der Waals surface area contributed by atoms with E-state index >= 15 is 0 Å². The summed E-state index contributed by atoms with van der Waals surface area (Å²) in [6.07, 6.45) is 4.28. The maximum Gasteiger partial charge on any atom is 0.187 e. The number of ketones is 1. The van der Waals surface area contributed by atoms with Gasteiger partial charge in [-0.2, -0.15) is 0 Å². The molecule has 2 saturated heterocycles. The lowest BCUT2D eigenvalue weighted by Gasteiger charge is -2.46. The van der Waals surface area contributed by atoms with Crippen LogP contribution < -0.4 is 0 Å². The lowest BCUT2D eigenvalue weighted by molar-refractivity contribution is -0.341. The number of aliphatic hydroxyl groups excluding tert-OH is 7. The fourth-order valence-corrected chi connectivity index (χ4v) is 5.86. The zero-order valence-electron chi connectivity index (χ0n) is 25.5. The Labute approximate surface area is 251 Å². The molecule has 42 heavy (non-hydrogen) atoms. The zero-order chi connectivity index (χ0) is 30.9. The molecule has 0 aromatic carbocycles. The number of hydrogen-bond donors (Lipinski definition) is 7. The third-order valence-electron chi connectivity index (χ3n) is 8.59. The average Bonchev–Trinajstić information content (AvgIpc) is 2.98. The van der Waals surface area contributed by atoms with Crippen molar-refractivity contribution < 1.29 is 54.8 Å². The van der Waals surface area contributed by atoms with Crippen LogP contribution in [0.25, 0.3) is 0 Å². The zero-order valence-corrected chi connectivity index (χ0v) is 25.5. The summed E-state index contributed by atoms with van der Waals surface area (Å²) in [5.74, 6) is -0.106. The number of hydrogen-bond acceptors (Lipinski definition) is 11. The summed E-state index contributed by atoms with van der Waals surface area (Å²) in [5.41, 5.74) is 0. The summed E-state index contributed by atoms with van der Waals surface area (Å²) in [6, 6.07) is 0. The Balaban J connectivity index is 1.62. The maximum absolute atomic E-state index is 12.6. The van der Waals surface area contributed by atoms with E-state index in [1.165, 1.54) is 70.6 Å². The SMILES string of the molecule is CCCCCCCCCCCCCCCCCC(=O)C[C@@H]1O[C@H](CO)[C@@H](O[C@@H]2O[C@H](CO)[C@@H](O)[C@H](O)[C@H]2O)[C@H](O)[C@H]1O. The summed E-state index contributed by atoms with van der Waals surface area (Å²) < 4.78 is 16.6. The van der Waals surface area contributed by atoms with E-state index in [4.69, 9.17) is 14.2 Å². The van der Waals surface area contributed by atoms with Crippen LogP contribution in [0.2, 0.25) is 0 Å². The van der Waals surface area contributed by atoms with E-state index in [0.717, 1.165) is 25.7 Å². The Bertz CT molecular complexity index is 706. The molecular weight excluding hydrogens is 548 g/mol. The second kappa shape index (κ2) is 21.1. The molecule has 11 nitrogen and oxygen atoms in total. The fourth-order valence-electron chi connectivity index (χ4n) is 5.86. The van der Waals surface area contributed by atoms with Gasteiger partial charge in [0.05, 0.1) is 19.3 Å². The molecular formula is C31H58O11. The van der Waals surface area contributed by atoms with Gasteiger partial charge < -0.3 is 50.0 Å². The molecule has 2 heterocycles. The topological polar surface area (TPSA) is 186 Å². The Morgan fingerprint density at radius 2 is 1.05 bits per heavy atom. The van der Waals surface area contributed by atoms with Gasteiger partial charge in [-0.3, -0.25) is 4.79 Å². The molecule has 0 aromatic heterocycles. The van der Waals surface area contributed by atoms with Gasteiger partial charge in [-0.1, -0.05) is 96.8 Å². The van der Waals surface area contributed by atoms with Gasteiger partial charge in [-0.05, 0) is 6.42 Å². The minimum absolute atomic E-state index is 0.106. The molecule has 2 rings (SSSR count). The van der Waals surface area contributed by atoms with Gasteiger partial charge in [0.25, 0.3) is 0 Å². The first-order valence-electron chi connectivity index (χ1n) is 16.3. The number of carbonyl (C=O) groups is 1. The number of rotatable bonds is 22. The van der Waals surface area contributed by atoms with E-state index in [2.05, 4.69) is 6.92 Å². The van der Waals surface area contributed by atoms with Gasteiger partial charge in [0.15, 0.2) is 6.29 Å². The average molecular weight is 607 g/mol. The first-order valence-corrected chi connectivity index (χ1v) is 16.3. The van der Waals surface area contributed by atoms with Crippen molar-refractivity contribution in [3.05, 3.63) is 0 Å². The summed E-state index contributed by atoms with van der Waals surface area (Å²) >= 11 is 0. The maximum atomic E-state index is 12.6. The molecule has 0 unspecified atom stereocenters. The number of Topliss-reactive ketones (excluding diaryl/α,β-unsaturated/α-hetero) is 1. The minimum atomic E-state index is -1.72. The minimum Gasteiger partial charge on any atom is -0.394 e. The molecule has 0 bridgehead atoms. The van der Waals surface area contributed by atoms with Crippen molar-refractivity contribution in [3.63, 3.8) is 0 Å². The molecule has 10 atom stereocenters. The van der Waals surface area contributed by atoms with Crippen molar-refractivity contribution in [2.75, 3.05) is 13.2 Å². The third kappa shape index (κ3) is 12.3. The fraction of sp³-hybridized carbons (Fsp3) is 0.968. The molecule has 0 radical (unpaired) electrons. The van der Waals surface area contributed by atoms with Crippen LogP contribution in [0, 0.1) is 0 Å². The standard InChI is InChI=1S/C31H58O11/c1-2-3-4-5-6-7-8-9-10-11-12-13-14-15-16-17-21(34)18-22-25(35)28(38)30(24(20-33)40-22)42-31-29(39)27(37)26(36)23(19-32)41-31/h22-33,35-39H,2-20H2,1H3/t22-,23+,24+,25-,26+,27-,28+,29+,30+,31-/m0/s1. The molecule has 0 amide bonds. The monoisotopic (exact) mass is 606 g/mol. The van der Waals surface area contributed by atoms with Crippen LogP contribution in [-0.2, 0) is 19.0 Å². The largest absolute Gasteiger partial charge is 0.394 e. The first-order chi connectivity index (χ1) is 20.2. The quantitative estimate of drug-likeness (QED) is 0.0892. The smallest absolute Gasteiger partial charge is 0.187 e. The van der Waals surface area contributed by atoms with Crippen LogP contribution in [0.15, 0.2) is 0 Å². The highest BCUT2D eigenvalue weighted by atomic mass is 16.7. The van der Waals surface area contributed by atoms with Crippen LogP contribution >= 0.6 is 0 Å². The molecule has 2 aliphatic rings. The molecule has 0 aromatic rings. The van der Waals surface area contributed by atoms with Crippen LogP contribution in [0.4, 0.5) is 0 Å². The molecule has 2 aliphatic heterocycles. The van der Waals surface area contributed by atoms with Crippen molar-refractivity contribution >= 4 is 5.78 Å². The van der Waals surface area contributed by atoms with E-state index < -0.39 is 74.4 Å². The number of carbonyl (C=O) groups excluding carboxylic acids is 1. The summed E-state index contributed by atoms with van der Waals surface area (Å²) in [4.78, 5) is 12.6. The summed E-state index contributed by atoms with van der Waals surface area (Å²) in [6.45, 7) is 0.967. The molecule has 7 N–H and O–H groups in total. The highest BCUT2D eigenvalue weighted by molar-refractivity contribution is 5.78. The highest BCUT2D eigenvalue weighted by Gasteiger charge is 2.50. The second-order valence-corrected chi connectivity index (χ2v) is 12.1. The number of aliphatic hydroxyl groups is 7. The number of unbranched alkanes of at least 4 members (excludes halogenated alkanes) is 14. The lowest BCUT2D eigenvalue weighted by Crippen LogP contribution is -2.64. The van der Waals surface area contributed by atoms with Crippen molar-refractivity contribution in [2.45, 2.75) is 177 Å². The van der Waals surface area contributed by atoms with Crippen LogP contribution in [0.5, 0.6) is 0 Å². The third-order valence-corrected chi connectivity index (χ3v) is 8.59. The highest BCUT2D eigenvalue weighted by Crippen LogP contribution is 2.30. The first kappa shape index (κ1) is 37.5. The number of ether oxygens (including phenoxy) is 3. The summed E-state index contributed by atoms with van der Waals surface area (Å²) in [7, 11) is 0. The van der Waals surface area contributed by atoms with E-state index in [1.807, 2.05) is 0 Å². The molecule has 11 heteroatoms. The Morgan fingerprint density at radius 1 is 0.571 bits per heavy atom. The van der Waals surface area contributed by atoms with Crippen LogP contribution in [0.3, 0.4) is 0 Å². The normalized spacial score (nSPS) is 33.6. The molecule has 0 aliphatic carbocycles. The Kier molecular flexibility index (Phi) is 18.8. The lowest BCUT2D eigenvalue weighted by atomic mass is 9.91. The van der Waals surface area contributed by atoms with Crippen molar-refractivity contribution in [2.24, 2.45) is 0 Å². The molecule has 248 valence electrons. The van der Waals surface area contributed by atoms with Crippen molar-refractivity contribution in [1.29, 1.82) is 0 Å². The van der Waals surface area contributed by atoms with Gasteiger partial charge in [-0.15, -0.1) is 0 Å². The van der Waals surface area contributed by atoms with E-state index in [0.29, 0.717) is 6.42 Å². The summed E-state index contributed by atoms with van der Waals surface area (Å²) in [5, 5.41) is 70.7.